The Labute approximate surface area is 90.7 Å². The molecule has 1 aliphatic rings. The van der Waals surface area contributed by atoms with Crippen LogP contribution in [-0.4, -0.2) is 18.2 Å². The Morgan fingerprint density at radius 3 is 2.93 bits per heavy atom. The maximum absolute atomic E-state index is 6.21. The molecule has 1 aliphatic heterocycles. The van der Waals surface area contributed by atoms with E-state index in [1.54, 1.807) is 0 Å². The van der Waals surface area contributed by atoms with Crippen LogP contribution in [0.2, 0.25) is 0 Å². The lowest BCUT2D eigenvalue weighted by molar-refractivity contribution is 0.180. The number of aryl methyl sites for hydroxylation is 2. The number of pyridine rings is 1. The van der Waals surface area contributed by atoms with Gasteiger partial charge in [0, 0.05) is 18.7 Å². The Hall–Kier alpha value is -0.930. The number of ether oxygens (including phenoxy) is 1. The number of nitrogens with zero attached hydrogens (tertiary/aromatic N) is 1. The second kappa shape index (κ2) is 4.29. The summed E-state index contributed by atoms with van der Waals surface area (Å²) < 4.78 is 5.36. The predicted molar refractivity (Wildman–Crippen MR) is 59.6 cm³/mol. The van der Waals surface area contributed by atoms with Crippen molar-refractivity contribution in [1.82, 2.24) is 4.98 Å². The minimum Gasteiger partial charge on any atom is -0.381 e. The van der Waals surface area contributed by atoms with E-state index in [1.807, 2.05) is 13.1 Å². The van der Waals surface area contributed by atoms with Crippen LogP contribution in [0.5, 0.6) is 0 Å². The van der Waals surface area contributed by atoms with Crippen LogP contribution in [0, 0.1) is 19.8 Å². The topological polar surface area (TPSA) is 48.1 Å². The number of aromatic nitrogens is 1. The number of hydrogen-bond donors (Lipinski definition) is 1. The standard InChI is InChI=1S/C12H18N2O/c1-8-5-9(2)12(14-6-8)11(13)10-3-4-15-7-10/h5-6,10-11H,3-4,7,13H2,1-2H3. The molecule has 15 heavy (non-hydrogen) atoms. The summed E-state index contributed by atoms with van der Waals surface area (Å²) in [6, 6.07) is 2.16. The van der Waals surface area contributed by atoms with Crippen LogP contribution >= 0.6 is 0 Å². The third-order valence-electron chi connectivity index (χ3n) is 3.04. The average Bonchev–Trinajstić information content (AvgIpc) is 2.69. The molecule has 0 saturated carbocycles. The molecule has 1 aromatic rings. The van der Waals surface area contributed by atoms with Crippen LogP contribution in [0.4, 0.5) is 0 Å². The summed E-state index contributed by atoms with van der Waals surface area (Å²) in [5.74, 6) is 0.430. The lowest BCUT2D eigenvalue weighted by Gasteiger charge is -2.19. The normalized spacial score (nSPS) is 23.0. The Bertz CT molecular complexity index is 345. The molecular formula is C12H18N2O. The van der Waals surface area contributed by atoms with Crippen molar-refractivity contribution in [3.05, 3.63) is 29.1 Å². The largest absolute Gasteiger partial charge is 0.381 e. The van der Waals surface area contributed by atoms with E-state index in [1.165, 1.54) is 11.1 Å². The molecule has 0 radical (unpaired) electrons. The van der Waals surface area contributed by atoms with Gasteiger partial charge in [0.1, 0.15) is 0 Å². The first-order valence-electron chi connectivity index (χ1n) is 5.45. The SMILES string of the molecule is Cc1cnc(C(N)C2CCOC2)c(C)c1. The minimum atomic E-state index is 0.0214. The fraction of sp³-hybridized carbons (Fsp3) is 0.583. The third-order valence-corrected chi connectivity index (χ3v) is 3.04. The van der Waals surface area contributed by atoms with Crippen molar-refractivity contribution in [3.8, 4) is 0 Å². The highest BCUT2D eigenvalue weighted by molar-refractivity contribution is 5.26. The van der Waals surface area contributed by atoms with Gasteiger partial charge in [0.05, 0.1) is 18.3 Å². The highest BCUT2D eigenvalue weighted by Crippen LogP contribution is 2.27. The van der Waals surface area contributed by atoms with Gasteiger partial charge in [-0.05, 0) is 31.4 Å². The maximum atomic E-state index is 6.21. The van der Waals surface area contributed by atoms with Crippen molar-refractivity contribution in [2.45, 2.75) is 26.3 Å². The zero-order valence-electron chi connectivity index (χ0n) is 9.36. The molecule has 0 amide bonds. The molecule has 82 valence electrons. The molecule has 3 heteroatoms. The summed E-state index contributed by atoms with van der Waals surface area (Å²) in [4.78, 5) is 4.44. The van der Waals surface area contributed by atoms with Crippen LogP contribution < -0.4 is 5.73 Å². The quantitative estimate of drug-likeness (QED) is 0.801. The van der Waals surface area contributed by atoms with E-state index in [0.29, 0.717) is 5.92 Å². The van der Waals surface area contributed by atoms with E-state index >= 15 is 0 Å². The molecule has 1 fully saturated rings. The molecule has 2 N–H and O–H groups in total. The number of rotatable bonds is 2. The smallest absolute Gasteiger partial charge is 0.0604 e. The van der Waals surface area contributed by atoms with Gasteiger partial charge in [-0.15, -0.1) is 0 Å². The van der Waals surface area contributed by atoms with Crippen molar-refractivity contribution in [2.75, 3.05) is 13.2 Å². The average molecular weight is 206 g/mol. The van der Waals surface area contributed by atoms with E-state index in [2.05, 4.69) is 18.0 Å². The summed E-state index contributed by atoms with van der Waals surface area (Å²) in [6.07, 6.45) is 2.94. The summed E-state index contributed by atoms with van der Waals surface area (Å²) >= 11 is 0. The van der Waals surface area contributed by atoms with Gasteiger partial charge in [0.25, 0.3) is 0 Å². The first kappa shape index (κ1) is 10.6. The zero-order chi connectivity index (χ0) is 10.8. The van der Waals surface area contributed by atoms with Gasteiger partial charge in [-0.25, -0.2) is 0 Å². The monoisotopic (exact) mass is 206 g/mol. The zero-order valence-corrected chi connectivity index (χ0v) is 9.36. The van der Waals surface area contributed by atoms with E-state index in [-0.39, 0.29) is 6.04 Å². The molecule has 2 atom stereocenters. The Morgan fingerprint density at radius 1 is 1.53 bits per heavy atom. The molecule has 0 aromatic carbocycles. The molecule has 1 saturated heterocycles. The van der Waals surface area contributed by atoms with Crippen LogP contribution in [0.3, 0.4) is 0 Å². The first-order chi connectivity index (χ1) is 7.18. The third kappa shape index (κ3) is 2.19. The van der Waals surface area contributed by atoms with E-state index < -0.39 is 0 Å². The van der Waals surface area contributed by atoms with Crippen molar-refractivity contribution in [2.24, 2.45) is 11.7 Å². The summed E-state index contributed by atoms with van der Waals surface area (Å²) in [7, 11) is 0. The fourth-order valence-corrected chi connectivity index (χ4v) is 2.13. The lowest BCUT2D eigenvalue weighted by atomic mass is 9.94. The van der Waals surface area contributed by atoms with Crippen LogP contribution in [0.15, 0.2) is 12.3 Å². The Balaban J connectivity index is 2.20. The van der Waals surface area contributed by atoms with Crippen molar-refractivity contribution in [1.29, 1.82) is 0 Å². The second-order valence-corrected chi connectivity index (χ2v) is 4.36. The molecule has 1 aromatic heterocycles. The van der Waals surface area contributed by atoms with Crippen molar-refractivity contribution >= 4 is 0 Å². The van der Waals surface area contributed by atoms with Gasteiger partial charge in [0.15, 0.2) is 0 Å². The Kier molecular flexibility index (Phi) is 3.03. The first-order valence-corrected chi connectivity index (χ1v) is 5.45. The highest BCUT2D eigenvalue weighted by atomic mass is 16.5. The van der Waals surface area contributed by atoms with Gasteiger partial charge >= 0.3 is 0 Å². The van der Waals surface area contributed by atoms with Gasteiger partial charge in [-0.2, -0.15) is 0 Å². The molecule has 2 rings (SSSR count). The summed E-state index contributed by atoms with van der Waals surface area (Å²) in [5.41, 5.74) is 9.61. The Morgan fingerprint density at radius 2 is 2.33 bits per heavy atom. The molecule has 0 spiro atoms. The second-order valence-electron chi connectivity index (χ2n) is 4.36. The van der Waals surface area contributed by atoms with E-state index in [4.69, 9.17) is 10.5 Å². The molecule has 0 bridgehead atoms. The molecule has 3 nitrogen and oxygen atoms in total. The van der Waals surface area contributed by atoms with Crippen LogP contribution in [-0.2, 0) is 4.74 Å². The van der Waals surface area contributed by atoms with Crippen LogP contribution in [0.25, 0.3) is 0 Å². The van der Waals surface area contributed by atoms with Crippen molar-refractivity contribution < 1.29 is 4.74 Å². The molecule has 0 aliphatic carbocycles. The van der Waals surface area contributed by atoms with E-state index in [0.717, 1.165) is 25.3 Å². The van der Waals surface area contributed by atoms with Crippen molar-refractivity contribution in [3.63, 3.8) is 0 Å². The maximum Gasteiger partial charge on any atom is 0.0604 e. The summed E-state index contributed by atoms with van der Waals surface area (Å²) in [5, 5.41) is 0. The minimum absolute atomic E-state index is 0.0214. The summed E-state index contributed by atoms with van der Waals surface area (Å²) in [6.45, 7) is 5.73. The fourth-order valence-electron chi connectivity index (χ4n) is 2.13. The molecule has 2 unspecified atom stereocenters. The molecule has 2 heterocycles. The highest BCUT2D eigenvalue weighted by Gasteiger charge is 2.25. The van der Waals surface area contributed by atoms with Crippen LogP contribution in [0.1, 0.15) is 29.3 Å². The number of hydrogen-bond acceptors (Lipinski definition) is 3. The van der Waals surface area contributed by atoms with Gasteiger partial charge < -0.3 is 10.5 Å². The van der Waals surface area contributed by atoms with Gasteiger partial charge in [-0.3, -0.25) is 4.98 Å². The van der Waals surface area contributed by atoms with Gasteiger partial charge in [-0.1, -0.05) is 6.07 Å². The van der Waals surface area contributed by atoms with E-state index in [9.17, 15) is 0 Å². The predicted octanol–water partition coefficient (Wildman–Crippen LogP) is 1.73. The van der Waals surface area contributed by atoms with Gasteiger partial charge in [0.2, 0.25) is 0 Å². The molecular weight excluding hydrogens is 188 g/mol. The lowest BCUT2D eigenvalue weighted by Crippen LogP contribution is -2.23. The number of nitrogens with two attached hydrogens (primary N) is 1.